The van der Waals surface area contributed by atoms with E-state index < -0.39 is 19.5 Å². The predicted octanol–water partition coefficient (Wildman–Crippen LogP) is 1.42. The Bertz CT molecular complexity index is 349. The molecule has 0 fully saturated rings. The molecule has 1 unspecified atom stereocenters. The van der Waals surface area contributed by atoms with Crippen molar-refractivity contribution in [1.82, 2.24) is 0 Å². The van der Waals surface area contributed by atoms with Gasteiger partial charge < -0.3 is 14.9 Å². The van der Waals surface area contributed by atoms with Crippen LogP contribution in [0, 0.1) is 0 Å². The molecule has 6 heteroatoms. The average Bonchev–Trinajstić information content (AvgIpc) is 2.26. The molecule has 0 spiro atoms. The van der Waals surface area contributed by atoms with E-state index in [1.807, 2.05) is 6.07 Å². The second kappa shape index (κ2) is 5.56. The van der Waals surface area contributed by atoms with E-state index in [4.69, 9.17) is 10.2 Å². The second-order valence-corrected chi connectivity index (χ2v) is 4.19. The van der Waals surface area contributed by atoms with Crippen LogP contribution in [0.1, 0.15) is 5.56 Å². The lowest BCUT2D eigenvalue weighted by atomic mass is 10.2. The molecule has 0 amide bonds. The number of rotatable bonds is 4. The molecule has 1 aromatic carbocycles. The molecule has 0 aromatic heterocycles. The molecule has 1 atom stereocenters. The second-order valence-electron chi connectivity index (χ2n) is 2.71. The van der Waals surface area contributed by atoms with E-state index in [0.29, 0.717) is 0 Å². The monoisotopic (exact) mass is 229 g/mol. The Morgan fingerprint density at radius 3 is 2.47 bits per heavy atom. The van der Waals surface area contributed by atoms with Gasteiger partial charge in [0.05, 0.1) is 0 Å². The van der Waals surface area contributed by atoms with E-state index in [9.17, 15) is 9.36 Å². The molecule has 0 aliphatic carbocycles. The van der Waals surface area contributed by atoms with Crippen molar-refractivity contribution < 1.29 is 24.3 Å². The Hall–Kier alpha value is -1.29. The summed E-state index contributed by atoms with van der Waals surface area (Å²) in [5.74, 6) is 0. The number of hydrogen-bond acceptors (Lipinski definition) is 5. The quantitative estimate of drug-likeness (QED) is 0.602. The normalized spacial score (nSPS) is 11.3. The third-order valence-electron chi connectivity index (χ3n) is 1.59. The summed E-state index contributed by atoms with van der Waals surface area (Å²) in [6.45, 7) is -0.0343. The van der Waals surface area contributed by atoms with E-state index in [-0.39, 0.29) is 6.61 Å². The molecule has 2 N–H and O–H groups in total. The van der Waals surface area contributed by atoms with E-state index in [1.165, 1.54) is 0 Å². The lowest BCUT2D eigenvalue weighted by molar-refractivity contribution is 0.0316. The fraction of sp³-hybridized carbons (Fsp3) is 0.222. The average molecular weight is 229 g/mol. The Morgan fingerprint density at radius 2 is 1.93 bits per heavy atom. The summed E-state index contributed by atoms with van der Waals surface area (Å²) in [4.78, 5) is 10.9. The van der Waals surface area contributed by atoms with Gasteiger partial charge in [-0.1, -0.05) is 34.9 Å². The number of aliphatic hydroxyl groups excluding tert-OH is 1. The molecule has 0 bridgehead atoms. The molecule has 0 saturated carbocycles. The van der Waals surface area contributed by atoms with Gasteiger partial charge in [-0.05, 0) is 5.56 Å². The standard InChI is InChI=1S/C9H10O5P/c10-8(11)15(13)9(12)14-6-7-4-2-1-3-5-7/h1-5,8,10-11H,6H2/q+1. The topological polar surface area (TPSA) is 83.8 Å². The van der Waals surface area contributed by atoms with Gasteiger partial charge in [-0.25, -0.2) is 0 Å². The van der Waals surface area contributed by atoms with Crippen LogP contribution in [0.4, 0.5) is 4.79 Å². The van der Waals surface area contributed by atoms with Crippen LogP contribution in [0.3, 0.4) is 0 Å². The minimum absolute atomic E-state index is 0.0343. The van der Waals surface area contributed by atoms with Crippen molar-refractivity contribution >= 4 is 13.5 Å². The van der Waals surface area contributed by atoms with Gasteiger partial charge in [0.25, 0.3) is 0 Å². The van der Waals surface area contributed by atoms with Gasteiger partial charge in [0, 0.05) is 0 Å². The molecule has 80 valence electrons. The number of carbonyl (C=O) groups excluding carboxylic acids is 1. The Kier molecular flexibility index (Phi) is 4.37. The smallest absolute Gasteiger partial charge is 0.423 e. The molecular formula is C9H10O5P+. The largest absolute Gasteiger partial charge is 0.561 e. The molecule has 0 radical (unpaired) electrons. The number of hydrogen-bond donors (Lipinski definition) is 2. The summed E-state index contributed by atoms with van der Waals surface area (Å²) >= 11 is 0. The summed E-state index contributed by atoms with van der Waals surface area (Å²) in [5.41, 5.74) is -0.370. The molecule has 0 aliphatic rings. The zero-order valence-electron chi connectivity index (χ0n) is 7.74. The fourth-order valence-electron chi connectivity index (χ4n) is 0.877. The van der Waals surface area contributed by atoms with Crippen LogP contribution in [0.25, 0.3) is 0 Å². The van der Waals surface area contributed by atoms with Gasteiger partial charge in [-0.2, -0.15) is 4.79 Å². The summed E-state index contributed by atoms with van der Waals surface area (Å²) in [6.07, 6.45) is 0. The molecular weight excluding hydrogens is 219 g/mol. The van der Waals surface area contributed by atoms with Crippen LogP contribution in [-0.2, 0) is 15.9 Å². The summed E-state index contributed by atoms with van der Waals surface area (Å²) in [6, 6.07) is 6.64. The lowest BCUT2D eigenvalue weighted by Gasteiger charge is -1.98. The molecule has 0 saturated heterocycles. The molecule has 5 nitrogen and oxygen atoms in total. The highest BCUT2D eigenvalue weighted by molar-refractivity contribution is 7.63. The molecule has 0 heterocycles. The van der Waals surface area contributed by atoms with Crippen LogP contribution >= 0.6 is 7.80 Å². The first-order valence-electron chi connectivity index (χ1n) is 4.14. The summed E-state index contributed by atoms with van der Waals surface area (Å²) in [7, 11) is -2.80. The van der Waals surface area contributed by atoms with Crippen molar-refractivity contribution in [3.8, 4) is 0 Å². The first-order valence-corrected chi connectivity index (χ1v) is 5.47. The number of benzene rings is 1. The lowest BCUT2D eigenvalue weighted by Crippen LogP contribution is -2.06. The highest BCUT2D eigenvalue weighted by Crippen LogP contribution is 2.27. The van der Waals surface area contributed by atoms with Crippen LogP contribution in [0.15, 0.2) is 30.3 Å². The Labute approximate surface area is 87.1 Å². The molecule has 0 aliphatic heterocycles. The third-order valence-corrected chi connectivity index (χ3v) is 2.50. The molecule has 15 heavy (non-hydrogen) atoms. The van der Waals surface area contributed by atoms with E-state index in [2.05, 4.69) is 4.74 Å². The number of carbonyl (C=O) groups is 1. The highest BCUT2D eigenvalue weighted by Gasteiger charge is 2.38. The van der Waals surface area contributed by atoms with Gasteiger partial charge in [-0.3, -0.25) is 0 Å². The summed E-state index contributed by atoms with van der Waals surface area (Å²) < 4.78 is 15.4. The predicted molar refractivity (Wildman–Crippen MR) is 52.5 cm³/mol. The van der Waals surface area contributed by atoms with Crippen LogP contribution in [0.5, 0.6) is 0 Å². The van der Waals surface area contributed by atoms with Crippen molar-refractivity contribution in [2.75, 3.05) is 0 Å². The van der Waals surface area contributed by atoms with Crippen molar-refractivity contribution in [1.29, 1.82) is 0 Å². The minimum Gasteiger partial charge on any atom is -0.423 e. The number of ether oxygens (including phenoxy) is 1. The van der Waals surface area contributed by atoms with Gasteiger partial charge in [0.1, 0.15) is 6.61 Å². The van der Waals surface area contributed by atoms with Crippen LogP contribution in [-0.4, -0.2) is 22.0 Å². The van der Waals surface area contributed by atoms with Crippen LogP contribution in [0.2, 0.25) is 0 Å². The summed E-state index contributed by atoms with van der Waals surface area (Å²) in [5, 5.41) is 16.9. The first-order chi connectivity index (χ1) is 7.11. The third kappa shape index (κ3) is 3.75. The van der Waals surface area contributed by atoms with E-state index >= 15 is 0 Å². The van der Waals surface area contributed by atoms with Crippen molar-refractivity contribution in [2.24, 2.45) is 0 Å². The maximum Gasteiger partial charge on any atom is 0.561 e. The molecule has 1 aromatic rings. The zero-order chi connectivity index (χ0) is 11.3. The van der Waals surface area contributed by atoms with E-state index in [1.54, 1.807) is 24.3 Å². The number of aliphatic hydroxyl groups is 2. The minimum atomic E-state index is -2.80. The van der Waals surface area contributed by atoms with Crippen LogP contribution < -0.4 is 0 Å². The molecule has 1 rings (SSSR count). The van der Waals surface area contributed by atoms with E-state index in [0.717, 1.165) is 5.56 Å². The van der Waals surface area contributed by atoms with Crippen molar-refractivity contribution in [3.63, 3.8) is 0 Å². The fourth-order valence-corrected chi connectivity index (χ4v) is 1.26. The highest BCUT2D eigenvalue weighted by atomic mass is 31.1. The maximum absolute atomic E-state index is 10.9. The van der Waals surface area contributed by atoms with Gasteiger partial charge >= 0.3 is 19.5 Å². The van der Waals surface area contributed by atoms with Crippen molar-refractivity contribution in [3.05, 3.63) is 35.9 Å². The first kappa shape index (κ1) is 11.8. The zero-order valence-corrected chi connectivity index (χ0v) is 8.63. The van der Waals surface area contributed by atoms with Gasteiger partial charge in [-0.15, -0.1) is 0 Å². The van der Waals surface area contributed by atoms with Gasteiger partial charge in [0.15, 0.2) is 0 Å². The van der Waals surface area contributed by atoms with Crippen molar-refractivity contribution in [2.45, 2.75) is 12.6 Å². The van der Waals surface area contributed by atoms with Gasteiger partial charge in [0.2, 0.25) is 0 Å². The SMILES string of the molecule is O=C(OCc1ccccc1)[P+](=O)C(O)O. The Morgan fingerprint density at radius 1 is 1.33 bits per heavy atom. The maximum atomic E-state index is 10.9. The Balaban J connectivity index is 2.45.